The first-order chi connectivity index (χ1) is 6.74. The van der Waals surface area contributed by atoms with Gasteiger partial charge >= 0.3 is 0 Å². The summed E-state index contributed by atoms with van der Waals surface area (Å²) in [5.74, 6) is 4.91. The van der Waals surface area contributed by atoms with E-state index in [1.54, 1.807) is 12.1 Å². The molecule has 0 unspecified atom stereocenters. The molecule has 5 heteroatoms. The Labute approximate surface area is 88.7 Å². The van der Waals surface area contributed by atoms with Crippen molar-refractivity contribution in [1.82, 2.24) is 0 Å². The largest absolute Gasteiger partial charge is 0.206 e. The van der Waals surface area contributed by atoms with E-state index in [1.165, 1.54) is 6.07 Å². The summed E-state index contributed by atoms with van der Waals surface area (Å²) in [5, 5.41) is 3.23. The maximum Gasteiger partial charge on any atom is 0.138 e. The van der Waals surface area contributed by atoms with Crippen LogP contribution in [0.5, 0.6) is 0 Å². The second-order valence-electron chi connectivity index (χ2n) is 2.32. The highest BCUT2D eigenvalue weighted by molar-refractivity contribution is 9.10. The van der Waals surface area contributed by atoms with Crippen molar-refractivity contribution in [1.29, 1.82) is 0 Å². The van der Waals surface area contributed by atoms with Crippen molar-refractivity contribution in [3.63, 3.8) is 0 Å². The van der Waals surface area contributed by atoms with Crippen LogP contribution < -0.4 is 0 Å². The van der Waals surface area contributed by atoms with E-state index in [0.29, 0.717) is 10.0 Å². The first-order valence-corrected chi connectivity index (χ1v) is 4.48. The standard InChI is InChI=1S/C9H5BrFN3/c10-8-4-3-7(6-9(8)11)2-1-5-13-14-12/h3-4,6H,5H2. The fraction of sp³-hybridized carbons (Fsp3) is 0.111. The molecule has 0 N–H and O–H groups in total. The SMILES string of the molecule is [N-]=[N+]=NCC#Cc1ccc(Br)c(F)c1. The highest BCUT2D eigenvalue weighted by Crippen LogP contribution is 2.15. The smallest absolute Gasteiger partial charge is 0.138 e. The second-order valence-corrected chi connectivity index (χ2v) is 3.17. The average Bonchev–Trinajstić information content (AvgIpc) is 2.18. The van der Waals surface area contributed by atoms with Gasteiger partial charge in [-0.25, -0.2) is 4.39 Å². The molecule has 0 saturated heterocycles. The summed E-state index contributed by atoms with van der Waals surface area (Å²) in [6.45, 7) is 0.0915. The summed E-state index contributed by atoms with van der Waals surface area (Å²) in [5.41, 5.74) is 8.52. The maximum atomic E-state index is 13.0. The second kappa shape index (κ2) is 5.28. The van der Waals surface area contributed by atoms with Crippen LogP contribution in [0.1, 0.15) is 5.56 Å². The van der Waals surface area contributed by atoms with Gasteiger partial charge in [-0.2, -0.15) is 0 Å². The van der Waals surface area contributed by atoms with Crippen LogP contribution in [-0.2, 0) is 0 Å². The molecule has 1 aromatic carbocycles. The molecule has 0 radical (unpaired) electrons. The Kier molecular flexibility index (Phi) is 3.99. The maximum absolute atomic E-state index is 13.0. The van der Waals surface area contributed by atoms with E-state index in [2.05, 4.69) is 37.8 Å². The Morgan fingerprint density at radius 2 is 2.36 bits per heavy atom. The van der Waals surface area contributed by atoms with Gasteiger partial charge in [-0.15, -0.1) is 0 Å². The van der Waals surface area contributed by atoms with E-state index in [9.17, 15) is 4.39 Å². The third-order valence-corrected chi connectivity index (χ3v) is 2.01. The van der Waals surface area contributed by atoms with E-state index in [-0.39, 0.29) is 12.4 Å². The Morgan fingerprint density at radius 3 is 3.00 bits per heavy atom. The van der Waals surface area contributed by atoms with Crippen molar-refractivity contribution in [3.05, 3.63) is 44.5 Å². The molecule has 0 amide bonds. The third kappa shape index (κ3) is 3.09. The van der Waals surface area contributed by atoms with E-state index < -0.39 is 0 Å². The van der Waals surface area contributed by atoms with Gasteiger partial charge in [-0.05, 0) is 39.7 Å². The molecule has 0 atom stereocenters. The molecular weight excluding hydrogens is 249 g/mol. The highest BCUT2D eigenvalue weighted by atomic mass is 79.9. The Balaban J connectivity index is 2.80. The molecule has 70 valence electrons. The van der Waals surface area contributed by atoms with Crippen molar-refractivity contribution in [2.24, 2.45) is 5.11 Å². The molecule has 1 rings (SSSR count). The van der Waals surface area contributed by atoms with Gasteiger partial charge in [-0.3, -0.25) is 0 Å². The molecule has 0 bridgehead atoms. The summed E-state index contributed by atoms with van der Waals surface area (Å²) in [4.78, 5) is 2.54. The fourth-order valence-corrected chi connectivity index (χ4v) is 1.03. The van der Waals surface area contributed by atoms with Crippen LogP contribution in [-0.4, -0.2) is 6.54 Å². The van der Waals surface area contributed by atoms with Gasteiger partial charge in [0.2, 0.25) is 0 Å². The van der Waals surface area contributed by atoms with Gasteiger partial charge in [0.05, 0.1) is 11.0 Å². The summed E-state index contributed by atoms with van der Waals surface area (Å²) >= 11 is 3.03. The van der Waals surface area contributed by atoms with Gasteiger partial charge in [-0.1, -0.05) is 17.0 Å². The van der Waals surface area contributed by atoms with Crippen LogP contribution in [0.25, 0.3) is 10.4 Å². The van der Waals surface area contributed by atoms with Crippen LogP contribution >= 0.6 is 15.9 Å². The number of nitrogens with zero attached hydrogens (tertiary/aromatic N) is 3. The minimum atomic E-state index is -0.361. The molecular formula is C9H5BrFN3. The predicted octanol–water partition coefficient (Wildman–Crippen LogP) is 3.25. The summed E-state index contributed by atoms with van der Waals surface area (Å²) in [6, 6.07) is 4.57. The van der Waals surface area contributed by atoms with Gasteiger partial charge in [0.25, 0.3) is 0 Å². The highest BCUT2D eigenvalue weighted by Gasteiger charge is 1.97. The van der Waals surface area contributed by atoms with E-state index in [4.69, 9.17) is 5.53 Å². The number of azide groups is 1. The third-order valence-electron chi connectivity index (χ3n) is 1.37. The fourth-order valence-electron chi connectivity index (χ4n) is 0.782. The first-order valence-electron chi connectivity index (χ1n) is 3.69. The van der Waals surface area contributed by atoms with Crippen LogP contribution in [0.15, 0.2) is 27.8 Å². The topological polar surface area (TPSA) is 48.8 Å². The van der Waals surface area contributed by atoms with Crippen LogP contribution in [0.3, 0.4) is 0 Å². The molecule has 1 aromatic rings. The quantitative estimate of drug-likeness (QED) is 0.319. The van der Waals surface area contributed by atoms with E-state index in [1.807, 2.05) is 0 Å². The lowest BCUT2D eigenvalue weighted by atomic mass is 10.2. The normalized spacial score (nSPS) is 8.43. The van der Waals surface area contributed by atoms with Crippen molar-refractivity contribution < 1.29 is 4.39 Å². The Hall–Kier alpha value is -1.50. The van der Waals surface area contributed by atoms with Crippen LogP contribution in [0.2, 0.25) is 0 Å². The van der Waals surface area contributed by atoms with Crippen molar-refractivity contribution in [2.45, 2.75) is 0 Å². The predicted molar refractivity (Wildman–Crippen MR) is 55.0 cm³/mol. The number of benzene rings is 1. The zero-order chi connectivity index (χ0) is 10.4. The molecule has 0 fully saturated rings. The Bertz CT molecular complexity index is 441. The lowest BCUT2D eigenvalue weighted by Gasteiger charge is -1.93. The number of rotatable bonds is 1. The van der Waals surface area contributed by atoms with Crippen molar-refractivity contribution >= 4 is 15.9 Å². The molecule has 0 heterocycles. The summed E-state index contributed by atoms with van der Waals surface area (Å²) < 4.78 is 13.4. The molecule has 0 spiro atoms. The lowest BCUT2D eigenvalue weighted by molar-refractivity contribution is 0.620. The number of hydrogen-bond acceptors (Lipinski definition) is 1. The summed E-state index contributed by atoms with van der Waals surface area (Å²) in [7, 11) is 0. The minimum absolute atomic E-state index is 0.0915. The Morgan fingerprint density at radius 1 is 1.57 bits per heavy atom. The molecule has 0 aliphatic heterocycles. The zero-order valence-electron chi connectivity index (χ0n) is 7.04. The first kappa shape index (κ1) is 10.6. The minimum Gasteiger partial charge on any atom is -0.206 e. The average molecular weight is 254 g/mol. The van der Waals surface area contributed by atoms with E-state index in [0.717, 1.165) is 0 Å². The van der Waals surface area contributed by atoms with Gasteiger partial charge < -0.3 is 0 Å². The van der Waals surface area contributed by atoms with E-state index >= 15 is 0 Å². The van der Waals surface area contributed by atoms with Crippen molar-refractivity contribution in [3.8, 4) is 11.8 Å². The lowest BCUT2D eigenvalue weighted by Crippen LogP contribution is -1.80. The monoisotopic (exact) mass is 253 g/mol. The van der Waals surface area contributed by atoms with Crippen LogP contribution in [0.4, 0.5) is 4.39 Å². The van der Waals surface area contributed by atoms with Gasteiger partial charge in [0.15, 0.2) is 0 Å². The van der Waals surface area contributed by atoms with Crippen molar-refractivity contribution in [2.75, 3.05) is 6.54 Å². The molecule has 0 aliphatic carbocycles. The number of hydrogen-bond donors (Lipinski definition) is 0. The molecule has 0 aliphatic rings. The van der Waals surface area contributed by atoms with Gasteiger partial charge in [0, 0.05) is 10.5 Å². The zero-order valence-corrected chi connectivity index (χ0v) is 8.62. The molecule has 0 saturated carbocycles. The molecule has 3 nitrogen and oxygen atoms in total. The van der Waals surface area contributed by atoms with Crippen LogP contribution in [0, 0.1) is 17.7 Å². The number of halogens is 2. The molecule has 14 heavy (non-hydrogen) atoms. The summed E-state index contributed by atoms with van der Waals surface area (Å²) in [6.07, 6.45) is 0. The van der Waals surface area contributed by atoms with Gasteiger partial charge in [0.1, 0.15) is 5.82 Å². The molecule has 0 aromatic heterocycles.